The number of aliphatic imine (C=N–C) groups is 1. The molecule has 112 valence electrons. The SMILES string of the molecule is O=C(CN=C1CCOc2ccccc21)c1cc(F)ccc1F. The smallest absolute Gasteiger partial charge is 0.187 e. The topological polar surface area (TPSA) is 38.7 Å². The van der Waals surface area contributed by atoms with Gasteiger partial charge in [0.25, 0.3) is 0 Å². The summed E-state index contributed by atoms with van der Waals surface area (Å²) in [5, 5.41) is 0. The van der Waals surface area contributed by atoms with Crippen molar-refractivity contribution in [3.8, 4) is 5.75 Å². The summed E-state index contributed by atoms with van der Waals surface area (Å²) in [7, 11) is 0. The van der Waals surface area contributed by atoms with Gasteiger partial charge in [0.2, 0.25) is 0 Å². The lowest BCUT2D eigenvalue weighted by Gasteiger charge is -2.18. The summed E-state index contributed by atoms with van der Waals surface area (Å²) in [5.74, 6) is -1.21. The van der Waals surface area contributed by atoms with Gasteiger partial charge < -0.3 is 4.74 Å². The first-order valence-electron chi connectivity index (χ1n) is 6.89. The van der Waals surface area contributed by atoms with Crippen LogP contribution in [0.1, 0.15) is 22.3 Å². The number of benzene rings is 2. The van der Waals surface area contributed by atoms with Crippen molar-refractivity contribution in [2.24, 2.45) is 4.99 Å². The molecule has 0 spiro atoms. The Morgan fingerprint density at radius 1 is 1.18 bits per heavy atom. The van der Waals surface area contributed by atoms with E-state index in [1.165, 1.54) is 0 Å². The molecule has 0 amide bonds. The van der Waals surface area contributed by atoms with Crippen LogP contribution in [-0.2, 0) is 0 Å². The monoisotopic (exact) mass is 301 g/mol. The minimum absolute atomic E-state index is 0.218. The molecule has 5 heteroatoms. The van der Waals surface area contributed by atoms with Gasteiger partial charge in [0, 0.05) is 17.7 Å². The fourth-order valence-corrected chi connectivity index (χ4v) is 2.35. The summed E-state index contributed by atoms with van der Waals surface area (Å²) in [6.45, 7) is 0.266. The highest BCUT2D eigenvalue weighted by atomic mass is 19.1. The van der Waals surface area contributed by atoms with Gasteiger partial charge in [-0.05, 0) is 30.3 Å². The lowest BCUT2D eigenvalue weighted by atomic mass is 10.0. The number of fused-ring (bicyclic) bond motifs is 1. The van der Waals surface area contributed by atoms with Crippen LogP contribution in [0.5, 0.6) is 5.75 Å². The second-order valence-corrected chi connectivity index (χ2v) is 4.90. The van der Waals surface area contributed by atoms with Crippen molar-refractivity contribution in [1.29, 1.82) is 0 Å². The molecule has 0 aromatic heterocycles. The van der Waals surface area contributed by atoms with E-state index in [9.17, 15) is 13.6 Å². The largest absolute Gasteiger partial charge is 0.492 e. The van der Waals surface area contributed by atoms with Crippen LogP contribution in [0.3, 0.4) is 0 Å². The molecule has 0 saturated heterocycles. The van der Waals surface area contributed by atoms with E-state index in [1.807, 2.05) is 24.3 Å². The van der Waals surface area contributed by atoms with Crippen LogP contribution in [0, 0.1) is 11.6 Å². The Balaban J connectivity index is 1.83. The van der Waals surface area contributed by atoms with Gasteiger partial charge in [-0.15, -0.1) is 0 Å². The molecule has 0 fully saturated rings. The first-order valence-corrected chi connectivity index (χ1v) is 6.89. The molecule has 2 aromatic rings. The summed E-state index contributed by atoms with van der Waals surface area (Å²) in [6, 6.07) is 10.2. The summed E-state index contributed by atoms with van der Waals surface area (Å²) < 4.78 is 32.2. The molecule has 1 aliphatic rings. The number of nitrogens with zero attached hydrogens (tertiary/aromatic N) is 1. The molecule has 0 saturated carbocycles. The number of ketones is 1. The molecule has 1 aliphatic heterocycles. The Morgan fingerprint density at radius 2 is 2.00 bits per heavy atom. The summed E-state index contributed by atoms with van der Waals surface area (Å²) in [6.07, 6.45) is 0.579. The molecular weight excluding hydrogens is 288 g/mol. The number of hydrogen-bond acceptors (Lipinski definition) is 3. The van der Waals surface area contributed by atoms with Crippen LogP contribution in [-0.4, -0.2) is 24.6 Å². The summed E-state index contributed by atoms with van der Waals surface area (Å²) in [4.78, 5) is 16.3. The zero-order valence-corrected chi connectivity index (χ0v) is 11.7. The normalized spacial score (nSPS) is 15.3. The molecule has 0 unspecified atom stereocenters. The zero-order valence-electron chi connectivity index (χ0n) is 11.7. The third kappa shape index (κ3) is 2.88. The highest BCUT2D eigenvalue weighted by Crippen LogP contribution is 2.24. The number of ether oxygens (including phenoxy) is 1. The van der Waals surface area contributed by atoms with Crippen molar-refractivity contribution >= 4 is 11.5 Å². The van der Waals surface area contributed by atoms with Crippen molar-refractivity contribution < 1.29 is 18.3 Å². The molecular formula is C17H13F2NO2. The van der Waals surface area contributed by atoms with Crippen molar-refractivity contribution in [2.45, 2.75) is 6.42 Å². The second-order valence-electron chi connectivity index (χ2n) is 4.90. The summed E-state index contributed by atoms with van der Waals surface area (Å²) >= 11 is 0. The maximum atomic E-state index is 13.6. The third-order valence-corrected chi connectivity index (χ3v) is 3.44. The number of carbonyl (C=O) groups is 1. The maximum absolute atomic E-state index is 13.6. The Hall–Kier alpha value is -2.56. The average molecular weight is 301 g/mol. The van der Waals surface area contributed by atoms with Crippen molar-refractivity contribution in [2.75, 3.05) is 13.2 Å². The standard InChI is InChI=1S/C17H13F2NO2/c18-11-5-6-14(19)13(9-11)16(21)10-20-15-7-8-22-17-4-2-1-3-12(15)17/h1-6,9H,7-8,10H2. The fraction of sp³-hybridized carbons (Fsp3) is 0.176. The molecule has 0 radical (unpaired) electrons. The predicted octanol–water partition coefficient (Wildman–Crippen LogP) is 3.42. The van der Waals surface area contributed by atoms with Gasteiger partial charge in [0.1, 0.15) is 23.9 Å². The van der Waals surface area contributed by atoms with Crippen molar-refractivity contribution in [3.05, 3.63) is 65.2 Å². The third-order valence-electron chi connectivity index (χ3n) is 3.44. The lowest BCUT2D eigenvalue weighted by molar-refractivity contribution is 0.0997. The minimum Gasteiger partial charge on any atom is -0.492 e. The van der Waals surface area contributed by atoms with Crippen LogP contribution in [0.25, 0.3) is 0 Å². The van der Waals surface area contributed by atoms with E-state index in [0.717, 1.165) is 35.2 Å². The fourth-order valence-electron chi connectivity index (χ4n) is 2.35. The number of para-hydroxylation sites is 1. The van der Waals surface area contributed by atoms with E-state index in [-0.39, 0.29) is 12.1 Å². The Labute approximate surface area is 126 Å². The Kier molecular flexibility index (Phi) is 3.96. The number of hydrogen-bond donors (Lipinski definition) is 0. The highest BCUT2D eigenvalue weighted by Gasteiger charge is 2.17. The quantitative estimate of drug-likeness (QED) is 0.815. The van der Waals surface area contributed by atoms with Crippen molar-refractivity contribution in [1.82, 2.24) is 0 Å². The predicted molar refractivity (Wildman–Crippen MR) is 78.6 cm³/mol. The molecule has 22 heavy (non-hydrogen) atoms. The van der Waals surface area contributed by atoms with Crippen LogP contribution in [0.4, 0.5) is 8.78 Å². The average Bonchev–Trinajstić information content (AvgIpc) is 2.54. The van der Waals surface area contributed by atoms with E-state index >= 15 is 0 Å². The second kappa shape index (κ2) is 6.05. The van der Waals surface area contributed by atoms with Gasteiger partial charge in [-0.1, -0.05) is 12.1 Å². The molecule has 1 heterocycles. The van der Waals surface area contributed by atoms with Gasteiger partial charge >= 0.3 is 0 Å². The van der Waals surface area contributed by atoms with E-state index in [2.05, 4.69) is 4.99 Å². The number of rotatable bonds is 3. The molecule has 3 rings (SSSR count). The van der Waals surface area contributed by atoms with Crippen LogP contribution in [0.2, 0.25) is 0 Å². The highest BCUT2D eigenvalue weighted by molar-refractivity contribution is 6.06. The van der Waals surface area contributed by atoms with Crippen molar-refractivity contribution in [3.63, 3.8) is 0 Å². The van der Waals surface area contributed by atoms with E-state index in [0.29, 0.717) is 13.0 Å². The van der Waals surface area contributed by atoms with Gasteiger partial charge in [0.15, 0.2) is 5.78 Å². The first kappa shape index (κ1) is 14.4. The van der Waals surface area contributed by atoms with Gasteiger partial charge in [-0.25, -0.2) is 8.78 Å². The van der Waals surface area contributed by atoms with Gasteiger partial charge in [-0.2, -0.15) is 0 Å². The number of halogens is 2. The van der Waals surface area contributed by atoms with E-state index in [1.54, 1.807) is 0 Å². The van der Waals surface area contributed by atoms with Crippen LogP contribution < -0.4 is 4.74 Å². The summed E-state index contributed by atoms with van der Waals surface area (Å²) in [5.41, 5.74) is 1.30. The molecule has 3 nitrogen and oxygen atoms in total. The minimum atomic E-state index is -0.737. The lowest BCUT2D eigenvalue weighted by Crippen LogP contribution is -2.18. The van der Waals surface area contributed by atoms with Crippen LogP contribution >= 0.6 is 0 Å². The molecule has 0 atom stereocenters. The Morgan fingerprint density at radius 3 is 2.86 bits per heavy atom. The molecule has 0 bridgehead atoms. The first-order chi connectivity index (χ1) is 10.6. The zero-order chi connectivity index (χ0) is 15.5. The van der Waals surface area contributed by atoms with E-state index in [4.69, 9.17) is 4.74 Å². The maximum Gasteiger partial charge on any atom is 0.187 e. The number of carbonyl (C=O) groups excluding carboxylic acids is 1. The van der Waals surface area contributed by atoms with Crippen LogP contribution in [0.15, 0.2) is 47.5 Å². The number of Topliss-reactive ketones (excluding diaryl/α,β-unsaturated/α-hetero) is 1. The molecule has 0 N–H and O–H groups in total. The molecule has 2 aromatic carbocycles. The molecule has 0 aliphatic carbocycles. The van der Waals surface area contributed by atoms with Gasteiger partial charge in [0.05, 0.1) is 12.2 Å². The Bertz CT molecular complexity index is 756. The van der Waals surface area contributed by atoms with Gasteiger partial charge in [-0.3, -0.25) is 9.79 Å². The van der Waals surface area contributed by atoms with E-state index < -0.39 is 17.4 Å².